The number of benzene rings is 2. The van der Waals surface area contributed by atoms with E-state index in [0.717, 1.165) is 23.1 Å². The molecule has 142 valence electrons. The highest BCUT2D eigenvalue weighted by molar-refractivity contribution is 7.85. The first kappa shape index (κ1) is 20.4. The number of hydrogen-bond donors (Lipinski definition) is 0. The molecule has 0 amide bonds. The molecule has 0 atom stereocenters. The summed E-state index contributed by atoms with van der Waals surface area (Å²) >= 11 is 0. The highest BCUT2D eigenvalue weighted by Crippen LogP contribution is 2.19. The summed E-state index contributed by atoms with van der Waals surface area (Å²) in [5, 5.41) is 0. The Bertz CT molecular complexity index is 785. The summed E-state index contributed by atoms with van der Waals surface area (Å²) in [5.41, 5.74) is 1.63. The molecule has 2 aromatic carbocycles. The SMILES string of the molecule is CC(C)(COc1cccc(CCOS(C)(=O)=O)c1)OCc1ccccc1. The monoisotopic (exact) mass is 378 g/mol. The molecule has 26 heavy (non-hydrogen) atoms. The van der Waals surface area contributed by atoms with Crippen LogP contribution in [0.25, 0.3) is 0 Å². The molecule has 0 heterocycles. The van der Waals surface area contributed by atoms with Crippen LogP contribution in [0.5, 0.6) is 5.75 Å². The number of rotatable bonds is 10. The second-order valence-electron chi connectivity index (χ2n) is 6.75. The largest absolute Gasteiger partial charge is 0.491 e. The van der Waals surface area contributed by atoms with Crippen LogP contribution >= 0.6 is 0 Å². The zero-order valence-electron chi connectivity index (χ0n) is 15.5. The van der Waals surface area contributed by atoms with Crippen molar-refractivity contribution in [2.75, 3.05) is 19.5 Å². The van der Waals surface area contributed by atoms with Crippen LogP contribution in [0, 0.1) is 0 Å². The van der Waals surface area contributed by atoms with Gasteiger partial charge in [0.15, 0.2) is 0 Å². The first-order valence-electron chi connectivity index (χ1n) is 8.48. The zero-order valence-corrected chi connectivity index (χ0v) is 16.3. The highest BCUT2D eigenvalue weighted by atomic mass is 32.2. The lowest BCUT2D eigenvalue weighted by Crippen LogP contribution is -2.32. The van der Waals surface area contributed by atoms with Crippen LogP contribution in [0.2, 0.25) is 0 Å². The van der Waals surface area contributed by atoms with E-state index in [2.05, 4.69) is 0 Å². The van der Waals surface area contributed by atoms with Gasteiger partial charge in [0.25, 0.3) is 10.1 Å². The third-order valence-electron chi connectivity index (χ3n) is 3.65. The van der Waals surface area contributed by atoms with Crippen molar-refractivity contribution in [2.24, 2.45) is 0 Å². The summed E-state index contributed by atoms with van der Waals surface area (Å²) in [5.74, 6) is 0.721. The molecule has 0 fully saturated rings. The molecule has 0 bridgehead atoms. The Morgan fingerprint density at radius 2 is 1.65 bits per heavy atom. The molecule has 0 aliphatic rings. The maximum Gasteiger partial charge on any atom is 0.264 e. The lowest BCUT2D eigenvalue weighted by molar-refractivity contribution is -0.0569. The summed E-state index contributed by atoms with van der Waals surface area (Å²) < 4.78 is 38.6. The summed E-state index contributed by atoms with van der Waals surface area (Å²) in [4.78, 5) is 0. The van der Waals surface area contributed by atoms with Gasteiger partial charge in [-0.2, -0.15) is 8.42 Å². The molecule has 2 aromatic rings. The normalized spacial score (nSPS) is 12.1. The van der Waals surface area contributed by atoms with Crippen molar-refractivity contribution >= 4 is 10.1 Å². The van der Waals surface area contributed by atoms with Gasteiger partial charge in [-0.1, -0.05) is 42.5 Å². The van der Waals surface area contributed by atoms with Gasteiger partial charge in [-0.25, -0.2) is 0 Å². The smallest absolute Gasteiger partial charge is 0.264 e. The Balaban J connectivity index is 1.83. The van der Waals surface area contributed by atoms with E-state index in [4.69, 9.17) is 13.7 Å². The maximum atomic E-state index is 11.0. The molecule has 0 saturated carbocycles. The molecule has 0 saturated heterocycles. The predicted molar refractivity (Wildman–Crippen MR) is 102 cm³/mol. The third-order valence-corrected chi connectivity index (χ3v) is 4.24. The minimum absolute atomic E-state index is 0.119. The topological polar surface area (TPSA) is 61.8 Å². The first-order chi connectivity index (χ1) is 12.2. The molecular formula is C20H26O5S. The molecule has 0 spiro atoms. The maximum absolute atomic E-state index is 11.0. The van der Waals surface area contributed by atoms with E-state index >= 15 is 0 Å². The Morgan fingerprint density at radius 3 is 2.35 bits per heavy atom. The van der Waals surface area contributed by atoms with Crippen LogP contribution < -0.4 is 4.74 Å². The lowest BCUT2D eigenvalue weighted by Gasteiger charge is -2.25. The molecule has 0 unspecified atom stereocenters. The van der Waals surface area contributed by atoms with E-state index in [0.29, 0.717) is 19.6 Å². The second kappa shape index (κ2) is 9.16. The van der Waals surface area contributed by atoms with Gasteiger partial charge >= 0.3 is 0 Å². The van der Waals surface area contributed by atoms with E-state index in [-0.39, 0.29) is 6.61 Å². The minimum atomic E-state index is -3.41. The molecule has 2 rings (SSSR count). The molecule has 0 aliphatic heterocycles. The second-order valence-corrected chi connectivity index (χ2v) is 8.39. The predicted octanol–water partition coefficient (Wildman–Crippen LogP) is 3.58. The summed E-state index contributed by atoms with van der Waals surface area (Å²) in [6, 6.07) is 17.6. The fourth-order valence-electron chi connectivity index (χ4n) is 2.25. The van der Waals surface area contributed by atoms with Crippen LogP contribution in [0.4, 0.5) is 0 Å². The van der Waals surface area contributed by atoms with Crippen LogP contribution in [0.15, 0.2) is 54.6 Å². The Morgan fingerprint density at radius 1 is 0.962 bits per heavy atom. The van der Waals surface area contributed by atoms with Crippen molar-refractivity contribution in [1.82, 2.24) is 0 Å². The average Bonchev–Trinajstić information content (AvgIpc) is 2.59. The molecule has 6 heteroatoms. The standard InChI is InChI=1S/C20H26O5S/c1-20(2,24-15-18-8-5-4-6-9-18)16-23-19-11-7-10-17(14-19)12-13-25-26(3,21)22/h4-11,14H,12-13,15-16H2,1-3H3. The summed E-state index contributed by atoms with van der Waals surface area (Å²) in [6.07, 6.45) is 1.54. The highest BCUT2D eigenvalue weighted by Gasteiger charge is 2.19. The third kappa shape index (κ3) is 7.99. The van der Waals surface area contributed by atoms with Gasteiger partial charge in [-0.15, -0.1) is 0 Å². The van der Waals surface area contributed by atoms with Gasteiger partial charge in [0, 0.05) is 0 Å². The van der Waals surface area contributed by atoms with Gasteiger partial charge in [-0.05, 0) is 43.5 Å². The Labute approximate surface area is 156 Å². The van der Waals surface area contributed by atoms with E-state index in [1.165, 1.54) is 0 Å². The molecule has 0 radical (unpaired) electrons. The van der Waals surface area contributed by atoms with Crippen molar-refractivity contribution in [3.05, 3.63) is 65.7 Å². The quantitative estimate of drug-likeness (QED) is 0.592. The van der Waals surface area contributed by atoms with Crippen LogP contribution in [-0.4, -0.2) is 33.5 Å². The van der Waals surface area contributed by atoms with Crippen molar-refractivity contribution in [3.8, 4) is 5.75 Å². The Hall–Kier alpha value is -1.89. The van der Waals surface area contributed by atoms with E-state index in [1.807, 2.05) is 68.4 Å². The first-order valence-corrected chi connectivity index (χ1v) is 10.3. The average molecular weight is 378 g/mol. The van der Waals surface area contributed by atoms with Gasteiger partial charge in [0.2, 0.25) is 0 Å². The van der Waals surface area contributed by atoms with Crippen LogP contribution in [0.1, 0.15) is 25.0 Å². The van der Waals surface area contributed by atoms with E-state index in [1.54, 1.807) is 0 Å². The fourth-order valence-corrected chi connectivity index (χ4v) is 2.64. The van der Waals surface area contributed by atoms with Gasteiger partial charge < -0.3 is 9.47 Å². The Kier molecular flexibility index (Phi) is 7.20. The lowest BCUT2D eigenvalue weighted by atomic mass is 10.1. The van der Waals surface area contributed by atoms with E-state index in [9.17, 15) is 8.42 Å². The number of hydrogen-bond acceptors (Lipinski definition) is 5. The van der Waals surface area contributed by atoms with Gasteiger partial charge in [0.1, 0.15) is 12.4 Å². The van der Waals surface area contributed by atoms with E-state index < -0.39 is 15.7 Å². The summed E-state index contributed by atoms with van der Waals surface area (Å²) in [6.45, 7) is 5.02. The van der Waals surface area contributed by atoms with Crippen molar-refractivity contribution in [1.29, 1.82) is 0 Å². The zero-order chi connectivity index (χ0) is 19.0. The minimum Gasteiger partial charge on any atom is -0.491 e. The number of ether oxygens (including phenoxy) is 2. The van der Waals surface area contributed by atoms with Gasteiger partial charge in [-0.3, -0.25) is 4.18 Å². The van der Waals surface area contributed by atoms with Crippen LogP contribution in [0.3, 0.4) is 0 Å². The van der Waals surface area contributed by atoms with Crippen molar-refractivity contribution < 1.29 is 22.1 Å². The molecule has 0 N–H and O–H groups in total. The summed E-state index contributed by atoms with van der Waals surface area (Å²) in [7, 11) is -3.41. The molecular weight excluding hydrogens is 352 g/mol. The molecule has 0 aliphatic carbocycles. The fraction of sp³-hybridized carbons (Fsp3) is 0.400. The van der Waals surface area contributed by atoms with Gasteiger partial charge in [0.05, 0.1) is 25.1 Å². The van der Waals surface area contributed by atoms with Crippen molar-refractivity contribution in [2.45, 2.75) is 32.5 Å². The molecule has 5 nitrogen and oxygen atoms in total. The van der Waals surface area contributed by atoms with Crippen molar-refractivity contribution in [3.63, 3.8) is 0 Å². The molecule has 0 aromatic heterocycles. The van der Waals surface area contributed by atoms with Crippen LogP contribution in [-0.2, 0) is 32.1 Å².